The van der Waals surface area contributed by atoms with E-state index >= 15 is 0 Å². The van der Waals surface area contributed by atoms with Crippen LogP contribution in [-0.4, -0.2) is 30.6 Å². The average molecular weight is 253 g/mol. The summed E-state index contributed by atoms with van der Waals surface area (Å²) in [5.41, 5.74) is 0.160. The number of carbonyl (C=O) groups is 1. The van der Waals surface area contributed by atoms with Gasteiger partial charge in [0.2, 0.25) is 10.0 Å². The zero-order valence-corrected chi connectivity index (χ0v) is 10.9. The number of hydrogen-bond acceptors (Lipinski definition) is 3. The van der Waals surface area contributed by atoms with Crippen molar-refractivity contribution >= 4 is 15.8 Å². The minimum absolute atomic E-state index is 0.117. The van der Waals surface area contributed by atoms with E-state index in [1.54, 1.807) is 31.2 Å². The van der Waals surface area contributed by atoms with Gasteiger partial charge in [0.25, 0.3) is 0 Å². The molecule has 0 amide bonds. The molecule has 1 fully saturated rings. The SMILES string of the molecule is CC(=O)[C@@]1(C)CN1S(=O)(=O)c1ccc(C)cc1. The molecule has 2 atom stereocenters. The second-order valence-electron chi connectivity index (χ2n) is 4.65. The van der Waals surface area contributed by atoms with Crippen LogP contribution < -0.4 is 0 Å². The highest BCUT2D eigenvalue weighted by Gasteiger charge is 2.58. The van der Waals surface area contributed by atoms with Crippen molar-refractivity contribution in [1.82, 2.24) is 4.31 Å². The van der Waals surface area contributed by atoms with Crippen molar-refractivity contribution in [3.05, 3.63) is 29.8 Å². The lowest BCUT2D eigenvalue weighted by Crippen LogP contribution is -2.27. The number of nitrogens with zero attached hydrogens (tertiary/aromatic N) is 1. The molecule has 1 saturated heterocycles. The summed E-state index contributed by atoms with van der Waals surface area (Å²) >= 11 is 0. The molecule has 0 aliphatic carbocycles. The van der Waals surface area contributed by atoms with Crippen LogP contribution >= 0.6 is 0 Å². The van der Waals surface area contributed by atoms with Gasteiger partial charge in [0.15, 0.2) is 5.78 Å². The van der Waals surface area contributed by atoms with Crippen LogP contribution in [0.1, 0.15) is 19.4 Å². The fourth-order valence-electron chi connectivity index (χ4n) is 1.72. The Morgan fingerprint density at radius 1 is 1.29 bits per heavy atom. The average Bonchev–Trinajstić information content (AvgIpc) is 2.94. The molecule has 0 spiro atoms. The first kappa shape index (κ1) is 12.3. The molecule has 17 heavy (non-hydrogen) atoms. The molecule has 5 heteroatoms. The molecule has 4 nitrogen and oxygen atoms in total. The van der Waals surface area contributed by atoms with Crippen LogP contribution in [0.2, 0.25) is 0 Å². The highest BCUT2D eigenvalue weighted by molar-refractivity contribution is 7.89. The third-order valence-corrected chi connectivity index (χ3v) is 5.25. The molecule has 0 saturated carbocycles. The molecule has 1 aliphatic heterocycles. The van der Waals surface area contributed by atoms with Gasteiger partial charge < -0.3 is 0 Å². The summed E-state index contributed by atoms with van der Waals surface area (Å²) in [5, 5.41) is 0. The van der Waals surface area contributed by atoms with Gasteiger partial charge in [-0.2, -0.15) is 4.31 Å². The van der Waals surface area contributed by atoms with Gasteiger partial charge in [0, 0.05) is 6.54 Å². The number of Topliss-reactive ketones (excluding diaryl/α,β-unsaturated/α-hetero) is 1. The monoisotopic (exact) mass is 253 g/mol. The second kappa shape index (κ2) is 3.65. The van der Waals surface area contributed by atoms with E-state index in [9.17, 15) is 13.2 Å². The molecular weight excluding hydrogens is 238 g/mol. The van der Waals surface area contributed by atoms with E-state index in [0.29, 0.717) is 0 Å². The van der Waals surface area contributed by atoms with Gasteiger partial charge in [-0.05, 0) is 32.9 Å². The lowest BCUT2D eigenvalue weighted by molar-refractivity contribution is -0.119. The van der Waals surface area contributed by atoms with E-state index in [2.05, 4.69) is 0 Å². The molecule has 0 N–H and O–H groups in total. The van der Waals surface area contributed by atoms with E-state index in [1.165, 1.54) is 11.2 Å². The summed E-state index contributed by atoms with van der Waals surface area (Å²) in [4.78, 5) is 11.6. The van der Waals surface area contributed by atoms with Gasteiger partial charge >= 0.3 is 0 Å². The van der Waals surface area contributed by atoms with Crippen molar-refractivity contribution in [3.63, 3.8) is 0 Å². The molecule has 1 heterocycles. The van der Waals surface area contributed by atoms with Crippen LogP contribution in [-0.2, 0) is 14.8 Å². The van der Waals surface area contributed by atoms with E-state index < -0.39 is 15.6 Å². The Labute approximate surface area is 101 Å². The van der Waals surface area contributed by atoms with Crippen molar-refractivity contribution in [2.75, 3.05) is 6.54 Å². The number of ketones is 1. The largest absolute Gasteiger partial charge is 0.298 e. The lowest BCUT2D eigenvalue weighted by atomic mass is 10.1. The fraction of sp³-hybridized carbons (Fsp3) is 0.417. The maximum atomic E-state index is 12.2. The number of hydrogen-bond donors (Lipinski definition) is 0. The van der Waals surface area contributed by atoms with Crippen molar-refractivity contribution in [2.24, 2.45) is 0 Å². The third kappa shape index (κ3) is 1.89. The molecule has 92 valence electrons. The fourth-order valence-corrected chi connectivity index (χ4v) is 3.53. The molecule has 0 bridgehead atoms. The number of aryl methyl sites for hydroxylation is 1. The van der Waals surface area contributed by atoms with Crippen LogP contribution in [0.4, 0.5) is 0 Å². The van der Waals surface area contributed by atoms with Crippen LogP contribution in [0, 0.1) is 6.92 Å². The van der Waals surface area contributed by atoms with Crippen LogP contribution in [0.3, 0.4) is 0 Å². The van der Waals surface area contributed by atoms with Crippen LogP contribution in [0.15, 0.2) is 29.2 Å². The summed E-state index contributed by atoms with van der Waals surface area (Å²) in [6, 6.07) is 6.65. The minimum atomic E-state index is -3.52. The Balaban J connectivity index is 2.34. The Morgan fingerprint density at radius 3 is 2.24 bits per heavy atom. The van der Waals surface area contributed by atoms with Crippen molar-refractivity contribution < 1.29 is 13.2 Å². The van der Waals surface area contributed by atoms with Crippen molar-refractivity contribution in [1.29, 1.82) is 0 Å². The minimum Gasteiger partial charge on any atom is -0.298 e. The zero-order valence-electron chi connectivity index (χ0n) is 10.1. The van der Waals surface area contributed by atoms with Gasteiger partial charge in [-0.3, -0.25) is 4.79 Å². The highest BCUT2D eigenvalue weighted by Crippen LogP contribution is 2.38. The Bertz CT molecular complexity index is 562. The zero-order chi connectivity index (χ0) is 12.8. The van der Waals surface area contributed by atoms with Gasteiger partial charge in [-0.1, -0.05) is 17.7 Å². The normalized spacial score (nSPS) is 27.8. The van der Waals surface area contributed by atoms with Crippen LogP contribution in [0.25, 0.3) is 0 Å². The molecule has 0 radical (unpaired) electrons. The Kier molecular flexibility index (Phi) is 2.63. The highest BCUT2D eigenvalue weighted by atomic mass is 32.2. The van der Waals surface area contributed by atoms with E-state index in [-0.39, 0.29) is 17.2 Å². The van der Waals surface area contributed by atoms with Crippen molar-refractivity contribution in [3.8, 4) is 0 Å². The maximum Gasteiger partial charge on any atom is 0.244 e. The number of sulfonamides is 1. The van der Waals surface area contributed by atoms with Crippen molar-refractivity contribution in [2.45, 2.75) is 31.2 Å². The molecular formula is C12H15NO3S. The number of rotatable bonds is 3. The predicted molar refractivity (Wildman–Crippen MR) is 64.2 cm³/mol. The first-order valence-electron chi connectivity index (χ1n) is 5.39. The molecule has 1 aromatic rings. The van der Waals surface area contributed by atoms with Gasteiger partial charge in [0.05, 0.1) is 4.90 Å². The van der Waals surface area contributed by atoms with E-state index in [1.807, 2.05) is 6.92 Å². The summed E-state index contributed by atoms with van der Waals surface area (Å²) in [5.74, 6) is -0.117. The first-order chi connectivity index (χ1) is 7.78. The number of benzene rings is 1. The summed E-state index contributed by atoms with van der Waals surface area (Å²) < 4.78 is 25.6. The standard InChI is InChI=1S/C12H15NO3S/c1-9-4-6-11(7-5-9)17(15,16)13-8-12(13,3)10(2)14/h4-7H,8H2,1-3H3/t12-,13?/m1/s1. The quantitative estimate of drug-likeness (QED) is 0.764. The molecule has 2 rings (SSSR count). The smallest absolute Gasteiger partial charge is 0.244 e. The third-order valence-electron chi connectivity index (χ3n) is 3.27. The topological polar surface area (TPSA) is 54.2 Å². The Hall–Kier alpha value is -1.20. The Morgan fingerprint density at radius 2 is 1.82 bits per heavy atom. The van der Waals surface area contributed by atoms with E-state index in [0.717, 1.165) is 5.56 Å². The summed E-state index contributed by atoms with van der Waals surface area (Å²) in [6.45, 7) is 5.25. The van der Waals surface area contributed by atoms with Crippen LogP contribution in [0.5, 0.6) is 0 Å². The predicted octanol–water partition coefficient (Wildman–Crippen LogP) is 1.35. The lowest BCUT2D eigenvalue weighted by Gasteiger charge is -2.10. The second-order valence-corrected chi connectivity index (χ2v) is 6.52. The summed E-state index contributed by atoms with van der Waals surface area (Å²) in [7, 11) is -3.52. The van der Waals surface area contributed by atoms with Gasteiger partial charge in [-0.25, -0.2) is 8.42 Å². The summed E-state index contributed by atoms with van der Waals surface area (Å²) in [6.07, 6.45) is 0. The molecule has 1 aliphatic rings. The first-order valence-corrected chi connectivity index (χ1v) is 6.83. The van der Waals surface area contributed by atoms with Gasteiger partial charge in [0.1, 0.15) is 5.54 Å². The molecule has 1 aromatic carbocycles. The number of carbonyl (C=O) groups excluding carboxylic acids is 1. The maximum absolute atomic E-state index is 12.2. The van der Waals surface area contributed by atoms with E-state index in [4.69, 9.17) is 0 Å². The van der Waals surface area contributed by atoms with Gasteiger partial charge in [-0.15, -0.1) is 0 Å². The molecule has 0 aromatic heterocycles. The molecule has 1 unspecified atom stereocenters.